The number of carbonyl (C=O) groups excluding carboxylic acids is 3. The minimum absolute atomic E-state index is 0.00789. The summed E-state index contributed by atoms with van der Waals surface area (Å²) in [4.78, 5) is 38.2. The van der Waals surface area contributed by atoms with Crippen molar-refractivity contribution < 1.29 is 23.5 Å². The van der Waals surface area contributed by atoms with Gasteiger partial charge in [-0.3, -0.25) is 14.4 Å². The highest BCUT2D eigenvalue weighted by molar-refractivity contribution is 5.94. The van der Waals surface area contributed by atoms with Crippen LogP contribution in [0.2, 0.25) is 0 Å². The van der Waals surface area contributed by atoms with E-state index in [0.717, 1.165) is 11.3 Å². The molecule has 2 aromatic rings. The van der Waals surface area contributed by atoms with Crippen LogP contribution < -0.4 is 15.4 Å². The van der Waals surface area contributed by atoms with Crippen molar-refractivity contribution in [3.8, 4) is 5.75 Å². The molecule has 0 aromatic heterocycles. The fourth-order valence-electron chi connectivity index (χ4n) is 4.24. The van der Waals surface area contributed by atoms with Gasteiger partial charge in [0.05, 0.1) is 0 Å². The Hall–Kier alpha value is -3.42. The van der Waals surface area contributed by atoms with Gasteiger partial charge in [0.2, 0.25) is 11.8 Å². The number of rotatable bonds is 7. The third-order valence-electron chi connectivity index (χ3n) is 6.20. The van der Waals surface area contributed by atoms with Gasteiger partial charge in [-0.25, -0.2) is 4.39 Å². The SMILES string of the molecule is O=C1CCc2cc(OCC(=O)N3CCC(C(=O)NCCc4ccccc4F)CC3)ccc2N1. The first-order valence-corrected chi connectivity index (χ1v) is 11.3. The molecule has 2 N–H and O–H groups in total. The number of ether oxygens (including phenoxy) is 1. The van der Waals surface area contributed by atoms with E-state index >= 15 is 0 Å². The monoisotopic (exact) mass is 453 g/mol. The van der Waals surface area contributed by atoms with E-state index in [0.29, 0.717) is 63.1 Å². The van der Waals surface area contributed by atoms with Crippen LogP contribution in [0.5, 0.6) is 5.75 Å². The van der Waals surface area contributed by atoms with E-state index in [1.165, 1.54) is 6.07 Å². The zero-order valence-corrected chi connectivity index (χ0v) is 18.4. The second-order valence-corrected chi connectivity index (χ2v) is 8.44. The Kier molecular flexibility index (Phi) is 7.22. The van der Waals surface area contributed by atoms with Crippen LogP contribution in [0.4, 0.5) is 10.1 Å². The van der Waals surface area contributed by atoms with Gasteiger partial charge >= 0.3 is 0 Å². The van der Waals surface area contributed by atoms with Gasteiger partial charge in [0.15, 0.2) is 6.61 Å². The molecule has 0 radical (unpaired) electrons. The van der Waals surface area contributed by atoms with E-state index in [-0.39, 0.29) is 36.1 Å². The standard InChI is InChI=1S/C25H28FN3O4/c26-21-4-2-1-3-17(21)9-12-27-25(32)18-10-13-29(14-11-18)24(31)16-33-20-6-7-22-19(15-20)5-8-23(30)28-22/h1-4,6-7,15,18H,5,8-14,16H2,(H,27,32)(H,28,30). The van der Waals surface area contributed by atoms with Crippen LogP contribution in [0.15, 0.2) is 42.5 Å². The topological polar surface area (TPSA) is 87.7 Å². The van der Waals surface area contributed by atoms with E-state index in [2.05, 4.69) is 10.6 Å². The molecule has 1 saturated heterocycles. The van der Waals surface area contributed by atoms with E-state index in [9.17, 15) is 18.8 Å². The van der Waals surface area contributed by atoms with Gasteiger partial charge in [0, 0.05) is 37.7 Å². The summed E-state index contributed by atoms with van der Waals surface area (Å²) in [6, 6.07) is 12.0. The van der Waals surface area contributed by atoms with Crippen LogP contribution in [-0.4, -0.2) is 48.9 Å². The smallest absolute Gasteiger partial charge is 0.260 e. The highest BCUT2D eigenvalue weighted by Gasteiger charge is 2.27. The van der Waals surface area contributed by atoms with Gasteiger partial charge in [-0.05, 0) is 61.1 Å². The van der Waals surface area contributed by atoms with Crippen molar-refractivity contribution in [2.45, 2.75) is 32.1 Å². The lowest BCUT2D eigenvalue weighted by atomic mass is 9.96. The summed E-state index contributed by atoms with van der Waals surface area (Å²) in [6.45, 7) is 1.33. The number of benzene rings is 2. The summed E-state index contributed by atoms with van der Waals surface area (Å²) in [5.74, 6) is 0.0422. The normalized spacial score (nSPS) is 16.0. The molecule has 33 heavy (non-hydrogen) atoms. The Morgan fingerprint density at radius 1 is 1.12 bits per heavy atom. The van der Waals surface area contributed by atoms with E-state index in [1.807, 2.05) is 6.07 Å². The van der Waals surface area contributed by atoms with Crippen LogP contribution in [0.25, 0.3) is 0 Å². The zero-order chi connectivity index (χ0) is 23.2. The van der Waals surface area contributed by atoms with Crippen molar-refractivity contribution in [1.29, 1.82) is 0 Å². The van der Waals surface area contributed by atoms with Gasteiger partial charge in [-0.1, -0.05) is 18.2 Å². The molecule has 1 fully saturated rings. The molecular weight excluding hydrogens is 425 g/mol. The van der Waals surface area contributed by atoms with Gasteiger partial charge < -0.3 is 20.3 Å². The molecule has 2 aromatic carbocycles. The van der Waals surface area contributed by atoms with E-state index in [1.54, 1.807) is 35.2 Å². The number of aryl methyl sites for hydroxylation is 1. The molecule has 2 aliphatic heterocycles. The predicted octanol–water partition coefficient (Wildman–Crippen LogP) is 2.69. The lowest BCUT2D eigenvalue weighted by Gasteiger charge is -2.31. The fraction of sp³-hybridized carbons (Fsp3) is 0.400. The molecule has 0 aliphatic carbocycles. The molecule has 2 heterocycles. The van der Waals surface area contributed by atoms with Crippen LogP contribution in [0, 0.1) is 11.7 Å². The first-order valence-electron chi connectivity index (χ1n) is 11.3. The Balaban J connectivity index is 1.18. The lowest BCUT2D eigenvalue weighted by molar-refractivity contribution is -0.137. The quantitative estimate of drug-likeness (QED) is 0.675. The summed E-state index contributed by atoms with van der Waals surface area (Å²) < 4.78 is 19.4. The largest absolute Gasteiger partial charge is 0.484 e. The van der Waals surface area contributed by atoms with Crippen LogP contribution in [0.3, 0.4) is 0 Å². The average Bonchev–Trinajstić information content (AvgIpc) is 2.83. The number of nitrogens with one attached hydrogen (secondary N) is 2. The zero-order valence-electron chi connectivity index (χ0n) is 18.4. The molecule has 0 saturated carbocycles. The number of anilines is 1. The number of halogens is 1. The average molecular weight is 454 g/mol. The molecule has 0 unspecified atom stereocenters. The molecule has 4 rings (SSSR count). The lowest BCUT2D eigenvalue weighted by Crippen LogP contribution is -2.44. The van der Waals surface area contributed by atoms with Gasteiger partial charge in [0.25, 0.3) is 5.91 Å². The molecule has 2 aliphatic rings. The van der Waals surface area contributed by atoms with Crippen molar-refractivity contribution in [3.05, 3.63) is 59.4 Å². The molecule has 0 bridgehead atoms. The number of carbonyl (C=O) groups is 3. The first kappa shape index (κ1) is 22.8. The maximum Gasteiger partial charge on any atom is 0.260 e. The van der Waals surface area contributed by atoms with Crippen LogP contribution in [0.1, 0.15) is 30.4 Å². The number of fused-ring (bicyclic) bond motifs is 1. The van der Waals surface area contributed by atoms with Crippen molar-refractivity contribution >= 4 is 23.4 Å². The van der Waals surface area contributed by atoms with E-state index in [4.69, 9.17) is 4.74 Å². The summed E-state index contributed by atoms with van der Waals surface area (Å²) in [6.07, 6.45) is 2.73. The first-order chi connectivity index (χ1) is 16.0. The summed E-state index contributed by atoms with van der Waals surface area (Å²) in [5, 5.41) is 5.71. The number of hydrogen-bond donors (Lipinski definition) is 2. The van der Waals surface area contributed by atoms with Gasteiger partial charge in [-0.15, -0.1) is 0 Å². The van der Waals surface area contributed by atoms with Gasteiger partial charge in [-0.2, -0.15) is 0 Å². The number of amides is 3. The number of hydrogen-bond acceptors (Lipinski definition) is 4. The minimum atomic E-state index is -0.261. The number of piperidine rings is 1. The molecule has 3 amide bonds. The van der Waals surface area contributed by atoms with Crippen LogP contribution >= 0.6 is 0 Å². The summed E-state index contributed by atoms with van der Waals surface area (Å²) in [5.41, 5.74) is 2.38. The second-order valence-electron chi connectivity index (χ2n) is 8.44. The third-order valence-corrected chi connectivity index (χ3v) is 6.20. The van der Waals surface area contributed by atoms with Crippen molar-refractivity contribution in [1.82, 2.24) is 10.2 Å². The molecule has 7 nitrogen and oxygen atoms in total. The van der Waals surface area contributed by atoms with Crippen molar-refractivity contribution in [2.24, 2.45) is 5.92 Å². The Morgan fingerprint density at radius 3 is 2.70 bits per heavy atom. The van der Waals surface area contributed by atoms with Crippen molar-refractivity contribution in [3.63, 3.8) is 0 Å². The molecule has 0 spiro atoms. The minimum Gasteiger partial charge on any atom is -0.484 e. The number of likely N-dealkylation sites (tertiary alicyclic amines) is 1. The Morgan fingerprint density at radius 2 is 1.91 bits per heavy atom. The number of nitrogens with zero attached hydrogens (tertiary/aromatic N) is 1. The molecule has 174 valence electrons. The maximum atomic E-state index is 13.7. The Labute approximate surface area is 192 Å². The van der Waals surface area contributed by atoms with Gasteiger partial charge in [0.1, 0.15) is 11.6 Å². The second kappa shape index (κ2) is 10.5. The highest BCUT2D eigenvalue weighted by atomic mass is 19.1. The summed E-state index contributed by atoms with van der Waals surface area (Å²) >= 11 is 0. The molecule has 8 heteroatoms. The van der Waals surface area contributed by atoms with Crippen LogP contribution in [-0.2, 0) is 27.2 Å². The molecule has 0 atom stereocenters. The molecular formula is C25H28FN3O4. The Bertz CT molecular complexity index is 1030. The van der Waals surface area contributed by atoms with E-state index < -0.39 is 0 Å². The predicted molar refractivity (Wildman–Crippen MR) is 121 cm³/mol. The third kappa shape index (κ3) is 5.88. The highest BCUT2D eigenvalue weighted by Crippen LogP contribution is 2.27. The maximum absolute atomic E-state index is 13.7. The summed E-state index contributed by atoms with van der Waals surface area (Å²) in [7, 11) is 0. The van der Waals surface area contributed by atoms with Crippen molar-refractivity contribution in [2.75, 3.05) is 31.6 Å². The fourth-order valence-corrected chi connectivity index (χ4v) is 4.24.